The molecule has 15 atom stereocenters. The number of hydrogen-bond acceptors (Lipinski definition) is 31. The molecule has 0 aliphatic carbocycles. The second-order valence-corrected chi connectivity index (χ2v) is 33.1. The first kappa shape index (κ1) is 106. The number of nitrogens with zero attached hydrogens (tertiary/aromatic N) is 9. The van der Waals surface area contributed by atoms with Gasteiger partial charge in [-0.25, -0.2) is 34.9 Å². The molecule has 39 heteroatoms. The number of aliphatic imine (C=N–C) groups is 7. The Balaban J connectivity index is 0.000000251. The molecule has 12 rings (SSSR count). The summed E-state index contributed by atoms with van der Waals surface area (Å²) >= 11 is 30.5. The van der Waals surface area contributed by atoms with Crippen molar-refractivity contribution in [3.8, 4) is 0 Å². The van der Waals surface area contributed by atoms with E-state index in [1.165, 1.54) is 5.56 Å². The zero-order valence-electron chi connectivity index (χ0n) is 73.1. The van der Waals surface area contributed by atoms with Crippen LogP contribution < -0.4 is 31.9 Å². The van der Waals surface area contributed by atoms with Crippen molar-refractivity contribution in [3.63, 3.8) is 0 Å². The molecule has 123 heavy (non-hydrogen) atoms. The summed E-state index contributed by atoms with van der Waals surface area (Å²) in [6, 6.07) is 16.5. The minimum absolute atomic E-state index is 0.0175. The highest BCUT2D eigenvalue weighted by atomic mass is 32.2. The summed E-state index contributed by atoms with van der Waals surface area (Å²) in [6.07, 6.45) is 8.03. The summed E-state index contributed by atoms with van der Waals surface area (Å²) in [7, 11) is 0. The fourth-order valence-electron chi connectivity index (χ4n) is 13.8. The molecular weight excluding hydrogens is 1730 g/mol. The van der Waals surface area contributed by atoms with Gasteiger partial charge in [0.05, 0.1) is 58.2 Å². The summed E-state index contributed by atoms with van der Waals surface area (Å²) < 4.78 is 38.6. The summed E-state index contributed by atoms with van der Waals surface area (Å²) in [5.41, 5.74) is 2.23. The van der Waals surface area contributed by atoms with Crippen LogP contribution in [0, 0.1) is 17.8 Å². The van der Waals surface area contributed by atoms with Gasteiger partial charge in [-0.1, -0.05) is 95.3 Å². The number of amides is 8. The molecule has 6 saturated heterocycles. The van der Waals surface area contributed by atoms with Crippen molar-refractivity contribution in [2.45, 2.75) is 219 Å². The second-order valence-electron chi connectivity index (χ2n) is 29.6. The van der Waals surface area contributed by atoms with Gasteiger partial charge >= 0.3 is 0 Å². The normalized spacial score (nSPS) is 26.0. The zero-order chi connectivity index (χ0) is 90.7. The summed E-state index contributed by atoms with van der Waals surface area (Å²) in [4.78, 5) is 139. The van der Waals surface area contributed by atoms with E-state index in [2.05, 4.69) is 176 Å². The van der Waals surface area contributed by atoms with Crippen LogP contribution in [-0.4, -0.2) is 307 Å². The monoisotopic (exact) mass is 1860 g/mol. The lowest BCUT2D eigenvalue weighted by atomic mass is 9.88. The molecule has 0 aromatic heterocycles. The van der Waals surface area contributed by atoms with Crippen LogP contribution in [0.2, 0.25) is 0 Å². The number of carbonyl (C=O) groups is 9. The summed E-state index contributed by atoms with van der Waals surface area (Å²) in [5.74, 6) is 8.85. The highest BCUT2D eigenvalue weighted by Crippen LogP contribution is 2.28. The van der Waals surface area contributed by atoms with Crippen molar-refractivity contribution in [1.29, 1.82) is 0 Å². The molecule has 0 saturated carbocycles. The average molecular weight is 1860 g/mol. The highest BCUT2D eigenvalue weighted by molar-refractivity contribution is 7.98. The van der Waals surface area contributed by atoms with Crippen LogP contribution in [0.5, 0.6) is 0 Å². The molecule has 10 aliphatic rings. The van der Waals surface area contributed by atoms with E-state index in [4.69, 9.17) is 38.2 Å². The molecule has 2 aromatic rings. The molecule has 2 aromatic carbocycles. The molecule has 31 nitrogen and oxygen atoms in total. The second kappa shape index (κ2) is 57.6. The van der Waals surface area contributed by atoms with E-state index in [0.717, 1.165) is 62.4 Å². The quantitative estimate of drug-likeness (QED) is 0.0509. The predicted octanol–water partition coefficient (Wildman–Crippen LogP) is 6.80. The Bertz CT molecular complexity index is 3880. The Kier molecular flexibility index (Phi) is 49.9. The molecule has 0 spiro atoms. The van der Waals surface area contributed by atoms with Crippen molar-refractivity contribution in [2.24, 2.45) is 52.7 Å². The van der Waals surface area contributed by atoms with Crippen molar-refractivity contribution in [1.82, 2.24) is 41.7 Å². The molecule has 6 N–H and O–H groups in total. The summed E-state index contributed by atoms with van der Waals surface area (Å²) in [6.45, 7) is 29.9. The third kappa shape index (κ3) is 33.3. The van der Waals surface area contributed by atoms with Crippen LogP contribution in [0.3, 0.4) is 0 Å². The molecule has 0 bridgehead atoms. The Morgan fingerprint density at radius 2 is 0.829 bits per heavy atom. The van der Waals surface area contributed by atoms with E-state index >= 15 is 0 Å². The van der Waals surface area contributed by atoms with E-state index in [1.807, 2.05) is 129 Å². The van der Waals surface area contributed by atoms with Gasteiger partial charge in [-0.2, -0.15) is 100 Å². The fourth-order valence-corrected chi connectivity index (χ4v) is 16.1. The number of thiol groups is 7. The number of thioether (sulfide) groups is 1. The maximum absolute atomic E-state index is 12.1. The standard InChI is InChI=1S/C16H22N2O2S.C12H14N2O2S.C12H22N2O2S.C11H18N2O2S.C9H16N2O2S.C9H15NO2S.C8H12N2O2S.C7H12N2O2S/c1-3-19-15-13(10-12-8-6-5-7-9-12)17-16(20-4-2)14(11-21)18-15;15-11-9(6-8-4-2-1-3-5-8)13-12(16)10(7-17)14-11;1-5-15-11-9(7-17)13-12(16-6-2)10(14-11)8(3)4;1-3-15-10-9-5-4-6-13(9)11(14)8(12-10)7-16-2;1-3-12-8-5-10-9(13-4-2)7(6-14)11-8;1-5(2)8-7(11)3-6(4-13)9(12)10-8;11-7-6-2-1-3-10(6)8(12)5(4-13)9-7;1-2-4-6(10)9-5(3-12)7(11)8-4/h5-9,13-14,21H,3-4,10-11H2,1-2H3;1-5,9-10,17H,6-7H2,(H,13,16)(H,14,15);8-10,17H,5-7H2,1-4H3;8-9H,3-7H2,1-2H3;7,14H,3-6H2,1-2H3;5-6,8,13H,3-4H2,1-2H3,(H,10,12);5-6,13H,1-4H2,(H,9,11);4-5,12H,2-3H2,1H3,(H,8,11)(H,9,10)/t13-,14+;2*9-,10+;8-,9+;7-;6-,8+;5-,6+;4-,5+/m11000001/s1. The molecule has 6 fully saturated rings. The van der Waals surface area contributed by atoms with Crippen LogP contribution in [-0.2, 0) is 89.2 Å². The van der Waals surface area contributed by atoms with Crippen molar-refractivity contribution in [2.75, 3.05) is 118 Å². The fraction of sp³-hybridized carbons (Fsp3) is 0.667. The number of rotatable bonds is 23. The third-order valence-corrected chi connectivity index (χ3v) is 23.2. The molecule has 686 valence electrons. The Morgan fingerprint density at radius 3 is 1.33 bits per heavy atom. The lowest BCUT2D eigenvalue weighted by molar-refractivity contribution is -0.146. The number of piperazine rings is 3. The SMILES string of the molecule is CC(C)[C@H]1NC(=O)[C@H](CS)CC1=O.CCOC1=N[C@@H](CS)C(OCC)=NC1.CCOC1=N[C@@H](CSC)C(=O)N2CCC[C@H]12.CCOC1=N[C@H](C(C)C)C(OCC)=N[C@H]1CS.CCOC1=N[C@H](Cc2ccccc2)C(OCC)=N[C@H]1CS.CC[C@H]1NC(=O)[C@H](CS)NC1=O.O=C1N[C@@H](CS)C(=O)N2CCC[C@H]12.O=C1N[C@H](Cc2ccccc2)C(=O)N[C@H]1CS. The third-order valence-electron chi connectivity index (χ3n) is 20.0. The lowest BCUT2D eigenvalue weighted by Crippen LogP contribution is -2.62. The van der Waals surface area contributed by atoms with Crippen molar-refractivity contribution in [3.05, 3.63) is 71.8 Å². The first-order valence-electron chi connectivity index (χ1n) is 42.4. The van der Waals surface area contributed by atoms with Crippen LogP contribution in [0.4, 0.5) is 0 Å². The lowest BCUT2D eigenvalue weighted by Gasteiger charge is -2.33. The van der Waals surface area contributed by atoms with Gasteiger partial charge in [0.15, 0.2) is 5.78 Å². The van der Waals surface area contributed by atoms with Gasteiger partial charge in [-0.05, 0) is 110 Å². The Labute approximate surface area is 768 Å². The predicted molar refractivity (Wildman–Crippen MR) is 511 cm³/mol. The molecular formula is C84H131N15O16S8. The molecule has 0 unspecified atom stereocenters. The maximum Gasteiger partial charge on any atom is 0.249 e. The van der Waals surface area contributed by atoms with Crippen LogP contribution in [0.15, 0.2) is 95.6 Å². The molecule has 0 radical (unpaired) electrons. The Hall–Kier alpha value is -7.04. The first-order chi connectivity index (χ1) is 59.2. The smallest absolute Gasteiger partial charge is 0.249 e. The topological polar surface area (TPSA) is 383 Å². The highest BCUT2D eigenvalue weighted by Gasteiger charge is 2.44. The Morgan fingerprint density at radius 1 is 0.407 bits per heavy atom. The molecule has 10 heterocycles. The minimum atomic E-state index is -0.516. The number of Topliss-reactive ketones (excluding diaryl/α,β-unsaturated/α-hetero) is 1. The molecule has 10 aliphatic heterocycles. The van der Waals surface area contributed by atoms with Gasteiger partial charge in [0.25, 0.3) is 0 Å². The average Bonchev–Trinajstić information content (AvgIpc) is 1.69. The van der Waals surface area contributed by atoms with E-state index < -0.39 is 24.2 Å². The largest absolute Gasteiger partial charge is 0.480 e. The maximum atomic E-state index is 12.1. The van der Waals surface area contributed by atoms with Gasteiger partial charge in [0, 0.05) is 78.4 Å². The van der Waals surface area contributed by atoms with Gasteiger partial charge in [-0.3, -0.25) is 43.2 Å². The minimum Gasteiger partial charge on any atom is -0.480 e. The number of ketones is 1. The number of piperidine rings is 1. The number of carbonyl (C=O) groups excluding carboxylic acids is 9. The van der Waals surface area contributed by atoms with E-state index in [0.29, 0.717) is 154 Å². The molecule has 8 amide bonds. The van der Waals surface area contributed by atoms with Gasteiger partial charge in [0.1, 0.15) is 85.1 Å². The van der Waals surface area contributed by atoms with Crippen LogP contribution in [0.1, 0.15) is 133 Å². The number of ether oxygens (including phenoxy) is 7. The van der Waals surface area contributed by atoms with Crippen LogP contribution in [0.25, 0.3) is 0 Å². The number of hydrogen-bond donors (Lipinski definition) is 13. The van der Waals surface area contributed by atoms with E-state index in [9.17, 15) is 43.2 Å². The van der Waals surface area contributed by atoms with E-state index in [-0.39, 0.29) is 125 Å². The number of benzene rings is 2. The van der Waals surface area contributed by atoms with Gasteiger partial charge in [-0.15, -0.1) is 0 Å². The van der Waals surface area contributed by atoms with Gasteiger partial charge < -0.3 is 74.9 Å². The first-order valence-corrected chi connectivity index (χ1v) is 48.2. The van der Waals surface area contributed by atoms with Gasteiger partial charge in [0.2, 0.25) is 88.5 Å². The zero-order valence-corrected chi connectivity index (χ0v) is 80.1. The van der Waals surface area contributed by atoms with Crippen molar-refractivity contribution < 1.29 is 76.3 Å². The van der Waals surface area contributed by atoms with Crippen molar-refractivity contribution >= 4 is 194 Å². The summed E-state index contributed by atoms with van der Waals surface area (Å²) in [5, 5.41) is 16.0. The number of nitrogens with one attached hydrogen (secondary N) is 6. The van der Waals surface area contributed by atoms with E-state index in [1.54, 1.807) is 16.7 Å². The number of fused-ring (bicyclic) bond motifs is 2. The van der Waals surface area contributed by atoms with Crippen LogP contribution >= 0.6 is 100 Å².